The SMILES string of the molecule is CN1CCCN(c2ncccc2-c2ccc3c4c(cnn4C4CCCCO4)c(=O)n(CC(F)(F)F)c3c2)CC1. The molecule has 2 aliphatic rings. The minimum Gasteiger partial charge on any atom is -0.356 e. The van der Waals surface area contributed by atoms with Gasteiger partial charge in [-0.3, -0.25) is 9.36 Å². The maximum Gasteiger partial charge on any atom is 0.406 e. The van der Waals surface area contributed by atoms with Crippen molar-refractivity contribution < 1.29 is 17.9 Å². The number of anilines is 1. The van der Waals surface area contributed by atoms with E-state index < -0.39 is 18.3 Å². The van der Waals surface area contributed by atoms with Crippen LogP contribution in [0.5, 0.6) is 0 Å². The second-order valence-corrected chi connectivity index (χ2v) is 10.4. The van der Waals surface area contributed by atoms with Gasteiger partial charge in [0.15, 0.2) is 6.23 Å². The number of rotatable bonds is 4. The molecule has 2 saturated heterocycles. The van der Waals surface area contributed by atoms with Crippen molar-refractivity contribution in [2.45, 2.75) is 44.6 Å². The molecule has 0 amide bonds. The first-order valence-corrected chi connectivity index (χ1v) is 13.4. The van der Waals surface area contributed by atoms with Crippen LogP contribution in [0.3, 0.4) is 0 Å². The molecule has 0 bridgehead atoms. The van der Waals surface area contributed by atoms with Crippen LogP contribution < -0.4 is 10.5 Å². The Morgan fingerprint density at radius 3 is 2.72 bits per heavy atom. The van der Waals surface area contributed by atoms with Crippen LogP contribution in [0.15, 0.2) is 47.5 Å². The van der Waals surface area contributed by atoms with E-state index in [1.807, 2.05) is 18.2 Å². The number of halogens is 3. The molecule has 11 heteroatoms. The molecule has 0 aliphatic carbocycles. The highest BCUT2D eigenvalue weighted by Gasteiger charge is 2.31. The monoisotopic (exact) mass is 540 g/mol. The third-order valence-corrected chi connectivity index (χ3v) is 7.70. The number of pyridine rings is 2. The zero-order valence-corrected chi connectivity index (χ0v) is 21.8. The summed E-state index contributed by atoms with van der Waals surface area (Å²) < 4.78 is 49.6. The fraction of sp³-hybridized carbons (Fsp3) is 0.464. The molecule has 3 aromatic heterocycles. The summed E-state index contributed by atoms with van der Waals surface area (Å²) in [6.45, 7) is 2.72. The normalized spacial score (nSPS) is 19.6. The topological polar surface area (TPSA) is 68.4 Å². The molecule has 6 rings (SSSR count). The van der Waals surface area contributed by atoms with E-state index in [0.29, 0.717) is 23.1 Å². The third-order valence-electron chi connectivity index (χ3n) is 7.70. The van der Waals surface area contributed by atoms with Crippen LogP contribution in [0.2, 0.25) is 0 Å². The van der Waals surface area contributed by atoms with Crippen molar-refractivity contribution in [2.75, 3.05) is 44.7 Å². The zero-order valence-electron chi connectivity index (χ0n) is 21.8. The molecule has 2 aliphatic heterocycles. The minimum atomic E-state index is -4.57. The summed E-state index contributed by atoms with van der Waals surface area (Å²) in [5.74, 6) is 0.790. The smallest absolute Gasteiger partial charge is 0.356 e. The molecule has 1 atom stereocenters. The van der Waals surface area contributed by atoms with E-state index in [9.17, 15) is 18.0 Å². The molecule has 0 N–H and O–H groups in total. The average molecular weight is 541 g/mol. The number of hydrogen-bond acceptors (Lipinski definition) is 6. The predicted octanol–water partition coefficient (Wildman–Crippen LogP) is 4.82. The number of alkyl halides is 3. The zero-order chi connectivity index (χ0) is 27.1. The van der Waals surface area contributed by atoms with Gasteiger partial charge in [-0.15, -0.1) is 0 Å². The summed E-state index contributed by atoms with van der Waals surface area (Å²) in [6, 6.07) is 9.14. The van der Waals surface area contributed by atoms with Gasteiger partial charge in [-0.1, -0.05) is 12.1 Å². The molecular formula is C28H31F3N6O2. The van der Waals surface area contributed by atoms with Crippen molar-refractivity contribution in [2.24, 2.45) is 0 Å². The number of fused-ring (bicyclic) bond motifs is 3. The molecule has 1 unspecified atom stereocenters. The van der Waals surface area contributed by atoms with Gasteiger partial charge >= 0.3 is 6.18 Å². The number of nitrogens with zero attached hydrogens (tertiary/aromatic N) is 6. The summed E-state index contributed by atoms with van der Waals surface area (Å²) in [6.07, 6.45) is 1.79. The Labute approximate surface area is 223 Å². The predicted molar refractivity (Wildman–Crippen MR) is 144 cm³/mol. The Morgan fingerprint density at radius 2 is 1.92 bits per heavy atom. The fourth-order valence-electron chi connectivity index (χ4n) is 5.77. The summed E-state index contributed by atoms with van der Waals surface area (Å²) in [5, 5.41) is 5.11. The van der Waals surface area contributed by atoms with Gasteiger partial charge in [0, 0.05) is 43.4 Å². The molecule has 0 spiro atoms. The highest BCUT2D eigenvalue weighted by molar-refractivity contribution is 6.05. The summed E-state index contributed by atoms with van der Waals surface area (Å²) in [5.41, 5.74) is 1.53. The molecule has 0 radical (unpaired) electrons. The first kappa shape index (κ1) is 25.8. The second-order valence-electron chi connectivity index (χ2n) is 10.4. The van der Waals surface area contributed by atoms with Gasteiger partial charge in [-0.05, 0) is 63.0 Å². The minimum absolute atomic E-state index is 0.157. The van der Waals surface area contributed by atoms with E-state index in [2.05, 4.69) is 26.9 Å². The molecule has 4 aromatic rings. The van der Waals surface area contributed by atoms with E-state index in [4.69, 9.17) is 4.74 Å². The van der Waals surface area contributed by atoms with Crippen LogP contribution in [-0.4, -0.2) is 70.2 Å². The molecule has 2 fully saturated rings. The van der Waals surface area contributed by atoms with Crippen LogP contribution in [-0.2, 0) is 11.3 Å². The van der Waals surface area contributed by atoms with Crippen molar-refractivity contribution in [3.05, 3.63) is 53.1 Å². The molecule has 206 valence electrons. The third kappa shape index (κ3) is 5.00. The maximum atomic E-state index is 13.7. The lowest BCUT2D eigenvalue weighted by molar-refractivity contribution is -0.140. The van der Waals surface area contributed by atoms with E-state index in [-0.39, 0.29) is 17.1 Å². The standard InChI is InChI=1S/C28H31F3N6O2/c1-34-11-5-12-35(14-13-34)26-20(6-4-10-32-26)19-8-9-21-23(16-19)36(18-28(29,30)31)27(38)22-17-33-37(25(21)22)24-7-2-3-15-39-24/h4,6,8-10,16-17,24H,2-3,5,7,11-15,18H2,1H3. The van der Waals surface area contributed by atoms with Crippen LogP contribution >= 0.6 is 0 Å². The van der Waals surface area contributed by atoms with Gasteiger partial charge in [0.05, 0.1) is 22.6 Å². The molecule has 39 heavy (non-hydrogen) atoms. The highest BCUT2D eigenvalue weighted by atomic mass is 19.4. The lowest BCUT2D eigenvalue weighted by atomic mass is 10.0. The van der Waals surface area contributed by atoms with Gasteiger partial charge in [-0.2, -0.15) is 18.3 Å². The molecule has 0 saturated carbocycles. The Morgan fingerprint density at radius 1 is 1.05 bits per heavy atom. The van der Waals surface area contributed by atoms with Gasteiger partial charge in [0.25, 0.3) is 5.56 Å². The first-order chi connectivity index (χ1) is 18.8. The first-order valence-electron chi connectivity index (χ1n) is 13.4. The molecule has 1 aromatic carbocycles. The summed E-state index contributed by atoms with van der Waals surface area (Å²) >= 11 is 0. The molecule has 8 nitrogen and oxygen atoms in total. The lowest BCUT2D eigenvalue weighted by Crippen LogP contribution is -2.30. The Bertz CT molecular complexity index is 1560. The van der Waals surface area contributed by atoms with Crippen LogP contribution in [0.1, 0.15) is 31.9 Å². The number of likely N-dealkylation sites (N-methyl/N-ethyl adjacent to an activating group) is 1. The van der Waals surface area contributed by atoms with Gasteiger partial charge in [0.1, 0.15) is 12.4 Å². The highest BCUT2D eigenvalue weighted by Crippen LogP contribution is 2.35. The Kier molecular flexibility index (Phi) is 6.80. The van der Waals surface area contributed by atoms with E-state index in [1.165, 1.54) is 6.20 Å². The Balaban J connectivity index is 1.54. The van der Waals surface area contributed by atoms with Crippen molar-refractivity contribution in [1.29, 1.82) is 0 Å². The molecule has 5 heterocycles. The maximum absolute atomic E-state index is 13.7. The van der Waals surface area contributed by atoms with Crippen molar-refractivity contribution >= 4 is 27.6 Å². The van der Waals surface area contributed by atoms with Crippen LogP contribution in [0, 0.1) is 0 Å². The van der Waals surface area contributed by atoms with Gasteiger partial charge in [-0.25, -0.2) is 9.67 Å². The lowest BCUT2D eigenvalue weighted by Gasteiger charge is -2.25. The quantitative estimate of drug-likeness (QED) is 0.370. The van der Waals surface area contributed by atoms with Gasteiger partial charge < -0.3 is 14.5 Å². The number of benzene rings is 1. The van der Waals surface area contributed by atoms with Crippen molar-refractivity contribution in [3.8, 4) is 11.1 Å². The van der Waals surface area contributed by atoms with Crippen LogP contribution in [0.4, 0.5) is 19.0 Å². The van der Waals surface area contributed by atoms with Gasteiger partial charge in [0.2, 0.25) is 0 Å². The number of hydrogen-bond donors (Lipinski definition) is 0. The van der Waals surface area contributed by atoms with E-state index >= 15 is 0 Å². The van der Waals surface area contributed by atoms with E-state index in [1.54, 1.807) is 23.0 Å². The van der Waals surface area contributed by atoms with Crippen molar-refractivity contribution in [3.63, 3.8) is 0 Å². The fourth-order valence-corrected chi connectivity index (χ4v) is 5.77. The molecular weight excluding hydrogens is 509 g/mol. The van der Waals surface area contributed by atoms with E-state index in [0.717, 1.165) is 67.8 Å². The van der Waals surface area contributed by atoms with Crippen LogP contribution in [0.25, 0.3) is 32.9 Å². The summed E-state index contributed by atoms with van der Waals surface area (Å²) in [7, 11) is 2.09. The Hall–Kier alpha value is -3.44. The average Bonchev–Trinajstić information content (AvgIpc) is 3.27. The summed E-state index contributed by atoms with van der Waals surface area (Å²) in [4.78, 5) is 22.7. The number of ether oxygens (including phenoxy) is 1. The largest absolute Gasteiger partial charge is 0.406 e. The number of aromatic nitrogens is 4. The second kappa shape index (κ2) is 10.3. The van der Waals surface area contributed by atoms with Crippen molar-refractivity contribution in [1.82, 2.24) is 24.2 Å².